The van der Waals surface area contributed by atoms with Gasteiger partial charge < -0.3 is 23.7 Å². The highest BCUT2D eigenvalue weighted by molar-refractivity contribution is 7.46. The maximum absolute atomic E-state index is 11.2. The number of phosphoric ester groups is 1. The van der Waals surface area contributed by atoms with E-state index in [4.69, 9.17) is 23.7 Å². The van der Waals surface area contributed by atoms with Gasteiger partial charge in [0.25, 0.3) is 5.69 Å². The van der Waals surface area contributed by atoms with E-state index in [2.05, 4.69) is 38.4 Å². The Balaban J connectivity index is 2.20. The van der Waals surface area contributed by atoms with Gasteiger partial charge in [-0.05, 0) is 30.3 Å². The number of nitro benzene ring substituents is 1. The van der Waals surface area contributed by atoms with Gasteiger partial charge in [0.2, 0.25) is 6.29 Å². The van der Waals surface area contributed by atoms with Crippen LogP contribution in [-0.4, -0.2) is 48.1 Å². The molecule has 0 spiro atoms. The first-order valence-electron chi connectivity index (χ1n) is 9.55. The predicted octanol–water partition coefficient (Wildman–Crippen LogP) is 3.83. The van der Waals surface area contributed by atoms with Gasteiger partial charge in [0.15, 0.2) is 8.32 Å². The number of phosphoric acid groups is 1. The molecule has 10 nitrogen and oxygen atoms in total. The minimum Gasteiger partial charge on any atom is -0.465 e. The van der Waals surface area contributed by atoms with Crippen LogP contribution >= 0.6 is 7.82 Å². The molecule has 1 aliphatic rings. The Kier molecular flexibility index (Phi) is 7.51. The SMILES string of the molecule is C[C@H]1[C@H](Oc2ccc([N+](=O)[O-])cc2)O[C@H](COP(=O)(O)O)[C@H]1O[Si](C)(C)C(C)(C)C. The largest absolute Gasteiger partial charge is 0.469 e. The van der Waals surface area contributed by atoms with Gasteiger partial charge in [-0.1, -0.05) is 27.7 Å². The Morgan fingerprint density at radius 2 is 1.80 bits per heavy atom. The lowest BCUT2D eigenvalue weighted by Gasteiger charge is -2.40. The number of nitro groups is 1. The number of hydrogen-bond donors (Lipinski definition) is 2. The molecule has 1 aromatic carbocycles. The van der Waals surface area contributed by atoms with Gasteiger partial charge in [-0.3, -0.25) is 14.6 Å². The molecular weight excluding hydrogens is 433 g/mol. The minimum absolute atomic E-state index is 0.0604. The lowest BCUT2D eigenvalue weighted by molar-refractivity contribution is -0.384. The fourth-order valence-corrected chi connectivity index (χ4v) is 4.53. The average Bonchev–Trinajstić information content (AvgIpc) is 2.87. The quantitative estimate of drug-likeness (QED) is 0.255. The van der Waals surface area contributed by atoms with Crippen LogP contribution in [0, 0.1) is 16.0 Å². The highest BCUT2D eigenvalue weighted by Gasteiger charge is 2.49. The molecule has 0 aromatic heterocycles. The summed E-state index contributed by atoms with van der Waals surface area (Å²) in [6.45, 7) is 11.9. The van der Waals surface area contributed by atoms with E-state index < -0.39 is 39.6 Å². The number of nitrogens with zero attached hydrogens (tertiary/aromatic N) is 1. The van der Waals surface area contributed by atoms with Gasteiger partial charge in [0, 0.05) is 18.1 Å². The van der Waals surface area contributed by atoms with E-state index in [0.717, 1.165) is 0 Å². The van der Waals surface area contributed by atoms with Crippen LogP contribution < -0.4 is 4.74 Å². The summed E-state index contributed by atoms with van der Waals surface area (Å²) in [5, 5.41) is 10.7. The zero-order valence-corrected chi connectivity index (χ0v) is 19.9. The first-order valence-corrected chi connectivity index (χ1v) is 14.0. The van der Waals surface area contributed by atoms with E-state index in [0.29, 0.717) is 5.75 Å². The zero-order chi connectivity index (χ0) is 22.9. The molecule has 1 aromatic rings. The van der Waals surface area contributed by atoms with Crippen LogP contribution in [0.2, 0.25) is 18.1 Å². The normalized spacial score (nSPS) is 25.3. The van der Waals surface area contributed by atoms with E-state index in [1.54, 1.807) is 0 Å². The number of rotatable bonds is 8. The van der Waals surface area contributed by atoms with Crippen LogP contribution in [0.5, 0.6) is 5.75 Å². The maximum Gasteiger partial charge on any atom is 0.469 e. The molecule has 1 aliphatic heterocycles. The monoisotopic (exact) mass is 463 g/mol. The van der Waals surface area contributed by atoms with Gasteiger partial charge in [-0.2, -0.15) is 0 Å². The number of ether oxygens (including phenoxy) is 2. The van der Waals surface area contributed by atoms with E-state index >= 15 is 0 Å². The summed E-state index contributed by atoms with van der Waals surface area (Å²) in [6.07, 6.45) is -2.02. The van der Waals surface area contributed by atoms with E-state index in [1.165, 1.54) is 24.3 Å². The predicted molar refractivity (Wildman–Crippen MR) is 112 cm³/mol. The van der Waals surface area contributed by atoms with Crippen molar-refractivity contribution in [1.29, 1.82) is 0 Å². The summed E-state index contributed by atoms with van der Waals surface area (Å²) in [5.74, 6) is 0.0970. The Labute approximate surface area is 177 Å². The Morgan fingerprint density at radius 1 is 1.23 bits per heavy atom. The molecule has 0 radical (unpaired) electrons. The molecule has 12 heteroatoms. The van der Waals surface area contributed by atoms with Crippen LogP contribution in [0.15, 0.2) is 24.3 Å². The lowest BCUT2D eigenvalue weighted by atomic mass is 10.0. The third-order valence-electron chi connectivity index (χ3n) is 5.57. The molecule has 0 amide bonds. The van der Waals surface area contributed by atoms with Crippen molar-refractivity contribution in [3.63, 3.8) is 0 Å². The van der Waals surface area contributed by atoms with Crippen molar-refractivity contribution >= 4 is 21.8 Å². The van der Waals surface area contributed by atoms with Gasteiger partial charge >= 0.3 is 7.82 Å². The van der Waals surface area contributed by atoms with Crippen LogP contribution in [0.1, 0.15) is 27.7 Å². The minimum atomic E-state index is -4.68. The first-order chi connectivity index (χ1) is 13.6. The van der Waals surface area contributed by atoms with Gasteiger partial charge in [0.1, 0.15) is 11.9 Å². The zero-order valence-electron chi connectivity index (χ0n) is 18.0. The number of benzene rings is 1. The van der Waals surface area contributed by atoms with E-state index in [1.807, 2.05) is 6.92 Å². The maximum atomic E-state index is 11.2. The molecule has 4 atom stereocenters. The van der Waals surface area contributed by atoms with Crippen molar-refractivity contribution in [2.75, 3.05) is 6.61 Å². The molecule has 1 heterocycles. The molecule has 0 unspecified atom stereocenters. The molecule has 170 valence electrons. The summed E-state index contributed by atoms with van der Waals surface area (Å²) in [5.41, 5.74) is -0.0604. The van der Waals surface area contributed by atoms with Gasteiger partial charge in [-0.15, -0.1) is 0 Å². The molecule has 0 bridgehead atoms. The second-order valence-electron chi connectivity index (χ2n) is 8.90. The van der Waals surface area contributed by atoms with Crippen molar-refractivity contribution < 1.29 is 37.7 Å². The van der Waals surface area contributed by atoms with Crippen molar-refractivity contribution in [2.45, 2.75) is 64.3 Å². The fourth-order valence-electron chi connectivity index (χ4n) is 2.79. The van der Waals surface area contributed by atoms with Crippen molar-refractivity contribution in [1.82, 2.24) is 0 Å². The summed E-state index contributed by atoms with van der Waals surface area (Å²) < 4.78 is 34.1. The molecule has 2 rings (SSSR count). The summed E-state index contributed by atoms with van der Waals surface area (Å²) in [7, 11) is -6.91. The molecule has 0 saturated carbocycles. The van der Waals surface area contributed by atoms with Crippen LogP contribution in [0.3, 0.4) is 0 Å². The van der Waals surface area contributed by atoms with Crippen LogP contribution in [0.25, 0.3) is 0 Å². The molecule has 0 aliphatic carbocycles. The fraction of sp³-hybridized carbons (Fsp3) is 0.667. The molecule has 2 N–H and O–H groups in total. The smallest absolute Gasteiger partial charge is 0.465 e. The Bertz CT molecular complexity index is 790. The first kappa shape index (κ1) is 24.9. The van der Waals surface area contributed by atoms with Crippen LogP contribution in [-0.2, 0) is 18.3 Å². The molecule has 1 fully saturated rings. The summed E-state index contributed by atoms with van der Waals surface area (Å²) >= 11 is 0. The summed E-state index contributed by atoms with van der Waals surface area (Å²) in [4.78, 5) is 28.5. The Hall–Kier alpha value is -1.33. The van der Waals surface area contributed by atoms with Gasteiger partial charge in [0.05, 0.1) is 17.6 Å². The average molecular weight is 463 g/mol. The highest BCUT2D eigenvalue weighted by Crippen LogP contribution is 2.43. The van der Waals surface area contributed by atoms with Crippen LogP contribution in [0.4, 0.5) is 5.69 Å². The third kappa shape index (κ3) is 6.33. The lowest BCUT2D eigenvalue weighted by Crippen LogP contribution is -2.48. The Morgan fingerprint density at radius 3 is 2.27 bits per heavy atom. The van der Waals surface area contributed by atoms with E-state index in [9.17, 15) is 14.7 Å². The third-order valence-corrected chi connectivity index (χ3v) is 10.5. The number of hydrogen-bond acceptors (Lipinski definition) is 7. The second-order valence-corrected chi connectivity index (χ2v) is 14.9. The molecular formula is C18H30NO9PSi. The van der Waals surface area contributed by atoms with E-state index in [-0.39, 0.29) is 23.3 Å². The molecule has 1 saturated heterocycles. The summed E-state index contributed by atoms with van der Waals surface area (Å²) in [6, 6.07) is 5.59. The second kappa shape index (κ2) is 9.03. The van der Waals surface area contributed by atoms with Gasteiger partial charge in [-0.25, -0.2) is 4.57 Å². The topological polar surface area (TPSA) is 138 Å². The standard InChI is InChI=1S/C18H30NO9PSi/c1-12-16(28-30(5,6)18(2,3)4)15(11-25-29(22,23)24)27-17(12)26-14-9-7-13(8-10-14)19(20)21/h7-10,12,15-17H,11H2,1-6H3,(H2,22,23,24)/t12-,15-,16+,17-/m1/s1. The van der Waals surface area contributed by atoms with Crippen molar-refractivity contribution in [3.05, 3.63) is 34.4 Å². The highest BCUT2D eigenvalue weighted by atomic mass is 31.2. The number of non-ortho nitro benzene ring substituents is 1. The van der Waals surface area contributed by atoms with Crippen molar-refractivity contribution in [2.24, 2.45) is 5.92 Å². The van der Waals surface area contributed by atoms with Crippen molar-refractivity contribution in [3.8, 4) is 5.75 Å². The molecule has 30 heavy (non-hydrogen) atoms.